The van der Waals surface area contributed by atoms with Gasteiger partial charge in [0, 0.05) is 24.7 Å². The van der Waals surface area contributed by atoms with Crippen molar-refractivity contribution in [2.75, 3.05) is 20.7 Å². The minimum atomic E-state index is -3.62. The second-order valence-electron chi connectivity index (χ2n) is 5.90. The first-order chi connectivity index (χ1) is 13.6. The summed E-state index contributed by atoms with van der Waals surface area (Å²) >= 11 is 5.73. The first kappa shape index (κ1) is 22.3. The van der Waals surface area contributed by atoms with Crippen LogP contribution < -0.4 is 10.9 Å². The lowest BCUT2D eigenvalue weighted by Gasteiger charge is -2.11. The molecule has 0 aliphatic carbocycles. The van der Waals surface area contributed by atoms with Crippen LogP contribution in [0, 0.1) is 0 Å². The normalized spacial score (nSPS) is 11.0. The zero-order chi connectivity index (χ0) is 21.6. The first-order valence-corrected chi connectivity index (χ1v) is 9.97. The summed E-state index contributed by atoms with van der Waals surface area (Å²) in [6.07, 6.45) is 0. The number of carbonyl (C=O) groups excluding carboxylic acids is 3. The molecule has 0 bridgehead atoms. The Labute approximate surface area is 172 Å². The van der Waals surface area contributed by atoms with Crippen LogP contribution in [-0.2, 0) is 19.6 Å². The van der Waals surface area contributed by atoms with E-state index in [0.717, 1.165) is 4.31 Å². The average molecular weight is 440 g/mol. The van der Waals surface area contributed by atoms with Gasteiger partial charge in [-0.15, -0.1) is 0 Å². The lowest BCUT2D eigenvalue weighted by Crippen LogP contribution is -2.43. The number of rotatable bonds is 6. The quantitative estimate of drug-likeness (QED) is 0.515. The molecule has 0 aliphatic rings. The Balaban J connectivity index is 1.84. The Morgan fingerprint density at radius 1 is 0.931 bits per heavy atom. The fraction of sp³-hybridized carbons (Fsp3) is 0.167. The summed E-state index contributed by atoms with van der Waals surface area (Å²) in [5, 5.41) is 0.463. The monoisotopic (exact) mass is 439 g/mol. The van der Waals surface area contributed by atoms with Crippen molar-refractivity contribution >= 4 is 39.4 Å². The molecule has 2 aromatic rings. The van der Waals surface area contributed by atoms with E-state index in [9.17, 15) is 22.8 Å². The van der Waals surface area contributed by atoms with Crippen molar-refractivity contribution in [2.24, 2.45) is 0 Å². The summed E-state index contributed by atoms with van der Waals surface area (Å²) in [6.45, 7) is -0.641. The van der Waals surface area contributed by atoms with Crippen LogP contribution in [0.2, 0.25) is 5.02 Å². The number of hydrogen-bond donors (Lipinski definition) is 2. The van der Waals surface area contributed by atoms with Crippen LogP contribution in [-0.4, -0.2) is 51.2 Å². The third-order valence-corrected chi connectivity index (χ3v) is 5.71. The van der Waals surface area contributed by atoms with E-state index in [-0.39, 0.29) is 16.0 Å². The molecule has 2 aromatic carbocycles. The Bertz CT molecular complexity index is 1000. The van der Waals surface area contributed by atoms with Crippen molar-refractivity contribution < 1.29 is 27.5 Å². The van der Waals surface area contributed by atoms with Gasteiger partial charge in [-0.3, -0.25) is 20.4 Å². The van der Waals surface area contributed by atoms with E-state index in [1.165, 1.54) is 62.6 Å². The fourth-order valence-electron chi connectivity index (χ4n) is 2.02. The molecule has 0 aliphatic heterocycles. The molecular formula is C18H18ClN3O6S. The SMILES string of the molecule is CN(C)S(=O)(=O)c1ccc(C(=O)OCC(=O)NNC(=O)c2ccc(Cl)cc2)cc1. The minimum Gasteiger partial charge on any atom is -0.452 e. The van der Waals surface area contributed by atoms with Crippen LogP contribution in [0.25, 0.3) is 0 Å². The van der Waals surface area contributed by atoms with Gasteiger partial charge in [0.05, 0.1) is 10.5 Å². The third kappa shape index (κ3) is 6.01. The lowest BCUT2D eigenvalue weighted by atomic mass is 10.2. The number of sulfonamides is 1. The fourth-order valence-corrected chi connectivity index (χ4v) is 3.05. The second-order valence-corrected chi connectivity index (χ2v) is 8.49. The molecule has 29 heavy (non-hydrogen) atoms. The summed E-state index contributed by atoms with van der Waals surface area (Å²) < 4.78 is 29.9. The third-order valence-electron chi connectivity index (χ3n) is 3.62. The predicted octanol–water partition coefficient (Wildman–Crippen LogP) is 1.21. The van der Waals surface area contributed by atoms with Crippen LogP contribution in [0.5, 0.6) is 0 Å². The summed E-state index contributed by atoms with van der Waals surface area (Å²) in [7, 11) is -0.835. The smallest absolute Gasteiger partial charge is 0.338 e. The number of nitrogens with one attached hydrogen (secondary N) is 2. The predicted molar refractivity (Wildman–Crippen MR) is 105 cm³/mol. The highest BCUT2D eigenvalue weighted by atomic mass is 35.5. The Kier molecular flexibility index (Phi) is 7.32. The Morgan fingerprint density at radius 3 is 2.03 bits per heavy atom. The average Bonchev–Trinajstić information content (AvgIpc) is 2.70. The van der Waals surface area contributed by atoms with Crippen molar-refractivity contribution in [3.05, 3.63) is 64.7 Å². The number of esters is 1. The second kappa shape index (κ2) is 9.50. The van der Waals surface area contributed by atoms with Crippen molar-refractivity contribution in [3.8, 4) is 0 Å². The van der Waals surface area contributed by atoms with E-state index in [1.54, 1.807) is 0 Å². The van der Waals surface area contributed by atoms with Crippen LogP contribution in [0.4, 0.5) is 0 Å². The van der Waals surface area contributed by atoms with Gasteiger partial charge in [-0.2, -0.15) is 0 Å². The molecule has 2 amide bonds. The topological polar surface area (TPSA) is 122 Å². The number of amides is 2. The number of ether oxygens (including phenoxy) is 1. The van der Waals surface area contributed by atoms with E-state index >= 15 is 0 Å². The van der Waals surface area contributed by atoms with E-state index in [4.69, 9.17) is 16.3 Å². The maximum Gasteiger partial charge on any atom is 0.338 e. The van der Waals surface area contributed by atoms with Crippen molar-refractivity contribution in [2.45, 2.75) is 4.90 Å². The number of carbonyl (C=O) groups is 3. The van der Waals surface area contributed by atoms with Crippen molar-refractivity contribution in [3.63, 3.8) is 0 Å². The number of benzene rings is 2. The summed E-state index contributed by atoms with van der Waals surface area (Å²) in [5.41, 5.74) is 4.63. The zero-order valence-corrected chi connectivity index (χ0v) is 17.1. The van der Waals surface area contributed by atoms with Gasteiger partial charge < -0.3 is 4.74 Å². The molecule has 0 saturated carbocycles. The van der Waals surface area contributed by atoms with Gasteiger partial charge >= 0.3 is 5.97 Å². The maximum absolute atomic E-state index is 12.0. The van der Waals surface area contributed by atoms with E-state index < -0.39 is 34.4 Å². The number of hydrogen-bond acceptors (Lipinski definition) is 6. The van der Waals surface area contributed by atoms with E-state index in [1.807, 2.05) is 0 Å². The Hall–Kier alpha value is -2.95. The van der Waals surface area contributed by atoms with E-state index in [2.05, 4.69) is 10.9 Å². The molecule has 0 unspecified atom stereocenters. The Morgan fingerprint density at radius 2 is 1.48 bits per heavy atom. The molecule has 11 heteroatoms. The van der Waals surface area contributed by atoms with Crippen LogP contribution >= 0.6 is 11.6 Å². The number of hydrazine groups is 1. The maximum atomic E-state index is 12.0. The molecule has 0 fully saturated rings. The largest absolute Gasteiger partial charge is 0.452 e. The van der Waals surface area contributed by atoms with Crippen molar-refractivity contribution in [1.82, 2.24) is 15.2 Å². The molecule has 0 atom stereocenters. The molecule has 0 aromatic heterocycles. The van der Waals surface area contributed by atoms with Gasteiger partial charge in [0.15, 0.2) is 6.61 Å². The van der Waals surface area contributed by atoms with Crippen LogP contribution in [0.1, 0.15) is 20.7 Å². The molecule has 9 nitrogen and oxygen atoms in total. The number of nitrogens with zero attached hydrogens (tertiary/aromatic N) is 1. The van der Waals surface area contributed by atoms with Crippen LogP contribution in [0.3, 0.4) is 0 Å². The van der Waals surface area contributed by atoms with Gasteiger partial charge in [-0.05, 0) is 48.5 Å². The minimum absolute atomic E-state index is 0.0155. The number of halogens is 1. The van der Waals surface area contributed by atoms with Crippen LogP contribution in [0.15, 0.2) is 53.4 Å². The van der Waals surface area contributed by atoms with Gasteiger partial charge in [-0.1, -0.05) is 11.6 Å². The standard InChI is InChI=1S/C18H18ClN3O6S/c1-22(2)29(26,27)15-9-5-13(6-10-15)18(25)28-11-16(23)20-21-17(24)12-3-7-14(19)8-4-12/h3-10H,11H2,1-2H3,(H,20,23)(H,21,24). The van der Waals surface area contributed by atoms with Gasteiger partial charge in [0.25, 0.3) is 11.8 Å². The molecule has 0 saturated heterocycles. The summed E-state index contributed by atoms with van der Waals surface area (Å²) in [4.78, 5) is 35.6. The molecule has 2 N–H and O–H groups in total. The summed E-state index contributed by atoms with van der Waals surface area (Å²) in [6, 6.07) is 11.1. The highest BCUT2D eigenvalue weighted by Crippen LogP contribution is 2.14. The van der Waals surface area contributed by atoms with Gasteiger partial charge in [-0.25, -0.2) is 17.5 Å². The zero-order valence-electron chi connectivity index (χ0n) is 15.5. The molecule has 154 valence electrons. The van der Waals surface area contributed by atoms with Gasteiger partial charge in [0.1, 0.15) is 0 Å². The summed E-state index contributed by atoms with van der Waals surface area (Å²) in [5.74, 6) is -2.15. The lowest BCUT2D eigenvalue weighted by molar-refractivity contribution is -0.125. The molecular weight excluding hydrogens is 422 g/mol. The highest BCUT2D eigenvalue weighted by molar-refractivity contribution is 7.89. The first-order valence-electron chi connectivity index (χ1n) is 8.15. The highest BCUT2D eigenvalue weighted by Gasteiger charge is 2.18. The molecule has 0 spiro atoms. The van der Waals surface area contributed by atoms with Crippen molar-refractivity contribution in [1.29, 1.82) is 0 Å². The van der Waals surface area contributed by atoms with E-state index in [0.29, 0.717) is 5.02 Å². The molecule has 2 rings (SSSR count). The molecule has 0 heterocycles. The van der Waals surface area contributed by atoms with Gasteiger partial charge in [0.2, 0.25) is 10.0 Å². The molecule has 0 radical (unpaired) electrons.